The van der Waals surface area contributed by atoms with Crippen LogP contribution in [0.5, 0.6) is 0 Å². The third kappa shape index (κ3) is 5.12. The van der Waals surface area contributed by atoms with Crippen molar-refractivity contribution in [2.24, 2.45) is 5.73 Å². The van der Waals surface area contributed by atoms with Crippen molar-refractivity contribution in [3.63, 3.8) is 0 Å². The van der Waals surface area contributed by atoms with E-state index in [0.717, 1.165) is 12.1 Å². The number of anilines is 2. The summed E-state index contributed by atoms with van der Waals surface area (Å²) < 4.78 is 38.3. The maximum absolute atomic E-state index is 12.8. The fourth-order valence-corrected chi connectivity index (χ4v) is 2.18. The number of rotatable bonds is 5. The zero-order valence-corrected chi connectivity index (χ0v) is 13.4. The number of amides is 2. The van der Waals surface area contributed by atoms with E-state index in [9.17, 15) is 22.8 Å². The van der Waals surface area contributed by atoms with E-state index in [2.05, 4.69) is 10.6 Å². The highest BCUT2D eigenvalue weighted by Crippen LogP contribution is 2.36. The quantitative estimate of drug-likeness (QED) is 0.752. The van der Waals surface area contributed by atoms with Gasteiger partial charge in [0.25, 0.3) is 0 Å². The summed E-state index contributed by atoms with van der Waals surface area (Å²) in [5.41, 5.74) is 4.93. The minimum Gasteiger partial charge on any atom is -0.376 e. The summed E-state index contributed by atoms with van der Waals surface area (Å²) in [7, 11) is 0. The van der Waals surface area contributed by atoms with Crippen LogP contribution in [0.2, 0.25) is 5.02 Å². The first-order valence-electron chi connectivity index (χ1n) is 6.97. The molecule has 2 rings (SSSR count). The molecule has 2 amide bonds. The van der Waals surface area contributed by atoms with Gasteiger partial charge in [-0.3, -0.25) is 9.59 Å². The smallest absolute Gasteiger partial charge is 0.376 e. The van der Waals surface area contributed by atoms with Gasteiger partial charge in [-0.2, -0.15) is 13.2 Å². The molecule has 0 aliphatic carbocycles. The molecule has 132 valence electrons. The molecule has 2 aromatic carbocycles. The third-order valence-electron chi connectivity index (χ3n) is 3.18. The topological polar surface area (TPSA) is 84.2 Å². The Morgan fingerprint density at radius 2 is 1.64 bits per heavy atom. The van der Waals surface area contributed by atoms with Gasteiger partial charge in [-0.15, -0.1) is 0 Å². The van der Waals surface area contributed by atoms with Gasteiger partial charge in [0.15, 0.2) is 0 Å². The van der Waals surface area contributed by atoms with Crippen molar-refractivity contribution in [2.75, 3.05) is 17.2 Å². The summed E-state index contributed by atoms with van der Waals surface area (Å²) >= 11 is 5.52. The van der Waals surface area contributed by atoms with Gasteiger partial charge in [0.05, 0.1) is 17.1 Å². The molecule has 0 fully saturated rings. The molecule has 0 heterocycles. The number of halogens is 4. The number of carbonyl (C=O) groups is 2. The molecule has 0 aliphatic heterocycles. The van der Waals surface area contributed by atoms with Gasteiger partial charge in [-0.1, -0.05) is 11.6 Å². The molecular formula is C16H13ClF3N3O2. The van der Waals surface area contributed by atoms with Crippen molar-refractivity contribution in [1.29, 1.82) is 0 Å². The molecule has 4 N–H and O–H groups in total. The average molecular weight is 372 g/mol. The van der Waals surface area contributed by atoms with Crippen molar-refractivity contribution in [2.45, 2.75) is 6.18 Å². The predicted molar refractivity (Wildman–Crippen MR) is 88.5 cm³/mol. The molecule has 0 unspecified atom stereocenters. The van der Waals surface area contributed by atoms with Gasteiger partial charge in [-0.05, 0) is 42.5 Å². The number of primary amides is 1. The first-order chi connectivity index (χ1) is 11.7. The zero-order chi connectivity index (χ0) is 18.6. The van der Waals surface area contributed by atoms with Crippen LogP contribution in [-0.4, -0.2) is 18.4 Å². The standard InChI is InChI=1S/C16H13ClF3N3O2/c17-13-6-5-11(7-12(13)16(18,19)20)23-14(24)8-22-10-3-1-9(2-4-10)15(21)25/h1-7,22H,8H2,(H2,21,25)(H,23,24). The van der Waals surface area contributed by atoms with E-state index in [1.807, 2.05) is 0 Å². The highest BCUT2D eigenvalue weighted by Gasteiger charge is 2.33. The van der Waals surface area contributed by atoms with Crippen molar-refractivity contribution in [1.82, 2.24) is 0 Å². The largest absolute Gasteiger partial charge is 0.417 e. The maximum Gasteiger partial charge on any atom is 0.417 e. The molecule has 0 radical (unpaired) electrons. The minimum atomic E-state index is -4.61. The third-order valence-corrected chi connectivity index (χ3v) is 3.51. The van der Waals surface area contributed by atoms with Crippen LogP contribution in [0.4, 0.5) is 24.5 Å². The Bertz CT molecular complexity index is 792. The Morgan fingerprint density at radius 1 is 1.04 bits per heavy atom. The van der Waals surface area contributed by atoms with Gasteiger partial charge in [0.1, 0.15) is 0 Å². The van der Waals surface area contributed by atoms with E-state index in [0.29, 0.717) is 11.3 Å². The molecule has 0 saturated heterocycles. The molecule has 5 nitrogen and oxygen atoms in total. The maximum atomic E-state index is 12.8. The summed E-state index contributed by atoms with van der Waals surface area (Å²) in [6.45, 7) is -0.181. The summed E-state index contributed by atoms with van der Waals surface area (Å²) in [5.74, 6) is -1.12. The monoisotopic (exact) mass is 371 g/mol. The number of hydrogen-bond donors (Lipinski definition) is 3. The van der Waals surface area contributed by atoms with Crippen molar-refractivity contribution < 1.29 is 22.8 Å². The Labute approximate surface area is 146 Å². The fraction of sp³-hybridized carbons (Fsp3) is 0.125. The molecule has 0 bridgehead atoms. The summed E-state index contributed by atoms with van der Waals surface area (Å²) in [5, 5.41) is 4.68. The molecule has 0 aromatic heterocycles. The minimum absolute atomic E-state index is 0.0207. The summed E-state index contributed by atoms with van der Waals surface area (Å²) in [4.78, 5) is 22.8. The molecule has 0 aliphatic rings. The van der Waals surface area contributed by atoms with Crippen LogP contribution in [0.1, 0.15) is 15.9 Å². The second-order valence-corrected chi connectivity index (χ2v) is 5.44. The number of hydrogen-bond acceptors (Lipinski definition) is 3. The van der Waals surface area contributed by atoms with Crippen LogP contribution in [0, 0.1) is 0 Å². The zero-order valence-electron chi connectivity index (χ0n) is 12.7. The average Bonchev–Trinajstić information content (AvgIpc) is 2.54. The van der Waals surface area contributed by atoms with Crippen LogP contribution < -0.4 is 16.4 Å². The number of nitrogens with two attached hydrogens (primary N) is 1. The van der Waals surface area contributed by atoms with E-state index in [-0.39, 0.29) is 12.2 Å². The van der Waals surface area contributed by atoms with Crippen LogP contribution in [0.3, 0.4) is 0 Å². The number of alkyl halides is 3. The van der Waals surface area contributed by atoms with Crippen LogP contribution in [0.15, 0.2) is 42.5 Å². The van der Waals surface area contributed by atoms with Crippen LogP contribution in [-0.2, 0) is 11.0 Å². The molecule has 0 spiro atoms. The summed E-state index contributed by atoms with van der Waals surface area (Å²) in [6.07, 6.45) is -4.61. The van der Waals surface area contributed by atoms with E-state index in [1.54, 1.807) is 12.1 Å². The van der Waals surface area contributed by atoms with Crippen molar-refractivity contribution >= 4 is 34.8 Å². The lowest BCUT2D eigenvalue weighted by molar-refractivity contribution is -0.137. The molecule has 9 heteroatoms. The Hall–Kier alpha value is -2.74. The molecule has 25 heavy (non-hydrogen) atoms. The second kappa shape index (κ2) is 7.43. The highest BCUT2D eigenvalue weighted by molar-refractivity contribution is 6.31. The number of nitrogens with one attached hydrogen (secondary N) is 2. The Kier molecular flexibility index (Phi) is 5.53. The van der Waals surface area contributed by atoms with E-state index < -0.39 is 28.6 Å². The van der Waals surface area contributed by atoms with E-state index in [1.165, 1.54) is 18.2 Å². The van der Waals surface area contributed by atoms with Gasteiger partial charge in [0.2, 0.25) is 11.8 Å². The van der Waals surface area contributed by atoms with Gasteiger partial charge < -0.3 is 16.4 Å². The first kappa shape index (κ1) is 18.6. The molecule has 0 saturated carbocycles. The normalized spacial score (nSPS) is 11.0. The predicted octanol–water partition coefficient (Wildman–Crippen LogP) is 3.51. The van der Waals surface area contributed by atoms with Gasteiger partial charge in [-0.25, -0.2) is 0 Å². The van der Waals surface area contributed by atoms with Crippen molar-refractivity contribution in [3.8, 4) is 0 Å². The molecule has 2 aromatic rings. The van der Waals surface area contributed by atoms with Crippen LogP contribution >= 0.6 is 11.6 Å². The van der Waals surface area contributed by atoms with Crippen molar-refractivity contribution in [3.05, 3.63) is 58.6 Å². The lowest BCUT2D eigenvalue weighted by Gasteiger charge is -2.12. The van der Waals surface area contributed by atoms with Gasteiger partial charge >= 0.3 is 6.18 Å². The highest BCUT2D eigenvalue weighted by atomic mass is 35.5. The van der Waals surface area contributed by atoms with E-state index in [4.69, 9.17) is 17.3 Å². The Morgan fingerprint density at radius 3 is 2.20 bits per heavy atom. The fourth-order valence-electron chi connectivity index (χ4n) is 1.96. The SMILES string of the molecule is NC(=O)c1ccc(NCC(=O)Nc2ccc(Cl)c(C(F)(F)F)c2)cc1. The molecular weight excluding hydrogens is 359 g/mol. The number of benzene rings is 2. The lowest BCUT2D eigenvalue weighted by atomic mass is 10.2. The second-order valence-electron chi connectivity index (χ2n) is 5.04. The Balaban J connectivity index is 1.97. The van der Waals surface area contributed by atoms with Crippen LogP contribution in [0.25, 0.3) is 0 Å². The first-order valence-corrected chi connectivity index (χ1v) is 7.35. The summed E-state index contributed by atoms with van der Waals surface area (Å²) in [6, 6.07) is 9.18. The van der Waals surface area contributed by atoms with E-state index >= 15 is 0 Å². The lowest BCUT2D eigenvalue weighted by Crippen LogP contribution is -2.22. The molecule has 0 atom stereocenters. The number of carbonyl (C=O) groups excluding carboxylic acids is 2. The van der Waals surface area contributed by atoms with Gasteiger partial charge in [0, 0.05) is 16.9 Å².